The minimum atomic E-state index is -0.694. The van der Waals surface area contributed by atoms with Gasteiger partial charge in [-0.05, 0) is 30.7 Å². The lowest BCUT2D eigenvalue weighted by Crippen LogP contribution is -2.31. The van der Waals surface area contributed by atoms with Crippen molar-refractivity contribution in [1.29, 1.82) is 0 Å². The molecule has 3 N–H and O–H groups in total. The number of nitrogens with two attached hydrogens (primary N) is 1. The van der Waals surface area contributed by atoms with Crippen LogP contribution in [0.1, 0.15) is 17.3 Å². The van der Waals surface area contributed by atoms with E-state index in [9.17, 15) is 9.59 Å². The van der Waals surface area contributed by atoms with Gasteiger partial charge in [-0.3, -0.25) is 9.69 Å². The molecule has 0 saturated carbocycles. The number of ether oxygens (including phenoxy) is 1. The van der Waals surface area contributed by atoms with Crippen molar-refractivity contribution >= 4 is 40.8 Å². The quantitative estimate of drug-likeness (QED) is 0.821. The van der Waals surface area contributed by atoms with Crippen LogP contribution in [0, 0.1) is 0 Å². The van der Waals surface area contributed by atoms with Gasteiger partial charge >= 0.3 is 6.09 Å². The molecule has 2 aromatic rings. The van der Waals surface area contributed by atoms with Gasteiger partial charge in [-0.15, -0.1) is 0 Å². The van der Waals surface area contributed by atoms with Gasteiger partial charge in [-0.2, -0.15) is 4.98 Å². The first-order valence-corrected chi connectivity index (χ1v) is 7.49. The zero-order chi connectivity index (χ0) is 17.3. The number of hydrogen-bond acceptors (Lipinski definition) is 6. The summed E-state index contributed by atoms with van der Waals surface area (Å²) in [6.45, 7) is 2.18. The minimum absolute atomic E-state index is 0.0334. The lowest BCUT2D eigenvalue weighted by atomic mass is 10.2. The van der Waals surface area contributed by atoms with Crippen LogP contribution in [0.5, 0.6) is 0 Å². The first-order chi connectivity index (χ1) is 11.5. The van der Waals surface area contributed by atoms with Crippen molar-refractivity contribution in [2.24, 2.45) is 5.73 Å². The van der Waals surface area contributed by atoms with Gasteiger partial charge < -0.3 is 15.8 Å². The average Bonchev–Trinajstić information content (AvgIpc) is 2.87. The lowest BCUT2D eigenvalue weighted by Gasteiger charge is -2.22. The number of amides is 2. The number of primary amides is 1. The monoisotopic (exact) mass is 347 g/mol. The molecular weight excluding hydrogens is 334 g/mol. The van der Waals surface area contributed by atoms with E-state index < -0.39 is 12.0 Å². The van der Waals surface area contributed by atoms with Gasteiger partial charge in [0.2, 0.25) is 5.28 Å². The van der Waals surface area contributed by atoms with E-state index in [0.717, 1.165) is 0 Å². The zero-order valence-corrected chi connectivity index (χ0v) is 13.4. The molecule has 1 aromatic heterocycles. The Balaban J connectivity index is 2.02. The normalized spacial score (nSPS) is 16.8. The molecule has 1 aromatic carbocycles. The highest BCUT2D eigenvalue weighted by Crippen LogP contribution is 2.33. The van der Waals surface area contributed by atoms with Gasteiger partial charge in [0.05, 0.1) is 17.4 Å². The fourth-order valence-corrected chi connectivity index (χ4v) is 2.54. The summed E-state index contributed by atoms with van der Waals surface area (Å²) in [7, 11) is 0. The van der Waals surface area contributed by atoms with Crippen molar-refractivity contribution in [3.8, 4) is 0 Å². The van der Waals surface area contributed by atoms with Gasteiger partial charge in [0.1, 0.15) is 18.0 Å². The Bertz CT molecular complexity index is 813. The number of carbonyl (C=O) groups excluding carboxylic acids is 2. The van der Waals surface area contributed by atoms with Crippen molar-refractivity contribution in [2.75, 3.05) is 16.8 Å². The molecule has 1 aliphatic heterocycles. The number of para-hydroxylation sites is 2. The number of hydrogen-bond donors (Lipinski definition) is 2. The third-order valence-electron chi connectivity index (χ3n) is 3.53. The van der Waals surface area contributed by atoms with E-state index in [0.29, 0.717) is 18.0 Å². The summed E-state index contributed by atoms with van der Waals surface area (Å²) in [5, 5.41) is 2.96. The molecule has 1 aliphatic rings. The number of carbonyl (C=O) groups is 2. The molecule has 24 heavy (non-hydrogen) atoms. The molecule has 2 heterocycles. The molecule has 1 atom stereocenters. The van der Waals surface area contributed by atoms with Crippen LogP contribution in [0.2, 0.25) is 5.28 Å². The third-order valence-corrected chi connectivity index (χ3v) is 3.71. The molecule has 9 heteroatoms. The molecule has 1 fully saturated rings. The third kappa shape index (κ3) is 2.95. The number of aromatic nitrogens is 2. The van der Waals surface area contributed by atoms with E-state index in [-0.39, 0.29) is 22.7 Å². The largest absolute Gasteiger partial charge is 0.447 e. The second kappa shape index (κ2) is 6.32. The van der Waals surface area contributed by atoms with Crippen molar-refractivity contribution in [3.05, 3.63) is 41.3 Å². The van der Waals surface area contributed by atoms with Crippen LogP contribution in [0.25, 0.3) is 0 Å². The summed E-state index contributed by atoms with van der Waals surface area (Å²) in [6, 6.07) is 6.96. The number of anilines is 3. The molecule has 3 rings (SSSR count). The van der Waals surface area contributed by atoms with Crippen LogP contribution in [-0.4, -0.2) is 34.6 Å². The van der Waals surface area contributed by atoms with Crippen molar-refractivity contribution < 1.29 is 14.3 Å². The van der Waals surface area contributed by atoms with E-state index in [4.69, 9.17) is 22.1 Å². The molecule has 8 nitrogen and oxygen atoms in total. The van der Waals surface area contributed by atoms with Gasteiger partial charge in [0.15, 0.2) is 0 Å². The summed E-state index contributed by atoms with van der Waals surface area (Å²) in [6.07, 6.45) is 0.808. The second-order valence-corrected chi connectivity index (χ2v) is 5.54. The summed E-state index contributed by atoms with van der Waals surface area (Å²) in [4.78, 5) is 32.8. The highest BCUT2D eigenvalue weighted by Gasteiger charge is 2.32. The van der Waals surface area contributed by atoms with Crippen LogP contribution in [0.15, 0.2) is 30.5 Å². The number of rotatable bonds is 4. The SMILES string of the molecule is CC1COC(=O)N1c1ccccc1Nc1nc(Cl)ncc1C(N)=O. The number of cyclic esters (lactones) is 1. The Kier molecular flexibility index (Phi) is 4.22. The number of nitrogens with one attached hydrogen (secondary N) is 1. The van der Waals surface area contributed by atoms with E-state index in [2.05, 4.69) is 15.3 Å². The molecule has 0 radical (unpaired) electrons. The number of benzene rings is 1. The van der Waals surface area contributed by atoms with E-state index in [1.54, 1.807) is 24.3 Å². The maximum absolute atomic E-state index is 12.0. The minimum Gasteiger partial charge on any atom is -0.447 e. The van der Waals surface area contributed by atoms with Gasteiger partial charge in [-0.1, -0.05) is 12.1 Å². The predicted octanol–water partition coefficient (Wildman–Crippen LogP) is 2.32. The first-order valence-electron chi connectivity index (χ1n) is 7.11. The molecule has 2 amide bonds. The molecule has 0 bridgehead atoms. The smallest absolute Gasteiger partial charge is 0.414 e. The maximum Gasteiger partial charge on any atom is 0.414 e. The molecule has 1 unspecified atom stereocenters. The topological polar surface area (TPSA) is 110 Å². The standard InChI is InChI=1S/C15H14ClN5O3/c1-8-7-24-15(23)21(8)11-5-3-2-4-10(11)19-13-9(12(17)22)6-18-14(16)20-13/h2-6,8H,7H2,1H3,(H2,17,22)(H,18,19,20). The Morgan fingerprint density at radius 1 is 1.46 bits per heavy atom. The zero-order valence-electron chi connectivity index (χ0n) is 12.7. The molecule has 0 aliphatic carbocycles. The molecular formula is C15H14ClN5O3. The molecule has 1 saturated heterocycles. The van der Waals surface area contributed by atoms with Gasteiger partial charge in [-0.25, -0.2) is 9.78 Å². The number of nitrogens with zero attached hydrogens (tertiary/aromatic N) is 3. The summed E-state index contributed by atoms with van der Waals surface area (Å²) in [5.41, 5.74) is 6.58. The first kappa shape index (κ1) is 16.0. The van der Waals surface area contributed by atoms with Crippen molar-refractivity contribution in [3.63, 3.8) is 0 Å². The van der Waals surface area contributed by atoms with Crippen LogP contribution in [0.4, 0.5) is 22.0 Å². The van der Waals surface area contributed by atoms with Crippen LogP contribution >= 0.6 is 11.6 Å². The van der Waals surface area contributed by atoms with Crippen molar-refractivity contribution in [1.82, 2.24) is 9.97 Å². The molecule has 0 spiro atoms. The lowest BCUT2D eigenvalue weighted by molar-refractivity contribution is 0.100. The Morgan fingerprint density at radius 3 is 2.88 bits per heavy atom. The number of halogens is 1. The van der Waals surface area contributed by atoms with Crippen LogP contribution in [-0.2, 0) is 4.74 Å². The maximum atomic E-state index is 12.0. The summed E-state index contributed by atoms with van der Waals surface area (Å²) in [5.74, 6) is -0.532. The van der Waals surface area contributed by atoms with Gasteiger partial charge in [0, 0.05) is 6.20 Å². The van der Waals surface area contributed by atoms with E-state index >= 15 is 0 Å². The Labute approximate surface area is 142 Å². The highest BCUT2D eigenvalue weighted by molar-refractivity contribution is 6.28. The fraction of sp³-hybridized carbons (Fsp3) is 0.200. The molecule has 124 valence electrons. The van der Waals surface area contributed by atoms with Gasteiger partial charge in [0.25, 0.3) is 5.91 Å². The Morgan fingerprint density at radius 2 is 2.21 bits per heavy atom. The van der Waals surface area contributed by atoms with E-state index in [1.807, 2.05) is 6.92 Å². The van der Waals surface area contributed by atoms with Crippen molar-refractivity contribution in [2.45, 2.75) is 13.0 Å². The average molecular weight is 348 g/mol. The summed E-state index contributed by atoms with van der Waals surface area (Å²) >= 11 is 5.80. The predicted molar refractivity (Wildman–Crippen MR) is 88.6 cm³/mol. The second-order valence-electron chi connectivity index (χ2n) is 5.20. The van der Waals surface area contributed by atoms with Crippen LogP contribution < -0.4 is 16.0 Å². The Hall–Kier alpha value is -2.87. The van der Waals surface area contributed by atoms with Crippen LogP contribution in [0.3, 0.4) is 0 Å². The highest BCUT2D eigenvalue weighted by atomic mass is 35.5. The fourth-order valence-electron chi connectivity index (χ4n) is 2.40. The summed E-state index contributed by atoms with van der Waals surface area (Å²) < 4.78 is 5.06. The van der Waals surface area contributed by atoms with E-state index in [1.165, 1.54) is 11.1 Å².